The molecule has 0 radical (unpaired) electrons. The van der Waals surface area contributed by atoms with E-state index in [4.69, 9.17) is 10.5 Å². The Bertz CT molecular complexity index is 644. The molecule has 7 heteroatoms. The minimum Gasteiger partial charge on any atom is -0.484 e. The zero-order valence-corrected chi connectivity index (χ0v) is 18.0. The van der Waals surface area contributed by atoms with Crippen molar-refractivity contribution in [2.45, 2.75) is 39.8 Å². The first-order valence-electron chi connectivity index (χ1n) is 8.16. The molecule has 25 heavy (non-hydrogen) atoms. The van der Waals surface area contributed by atoms with Gasteiger partial charge in [0.2, 0.25) is 0 Å². The fourth-order valence-electron chi connectivity index (χ4n) is 2.78. The molecule has 0 saturated carbocycles. The van der Waals surface area contributed by atoms with Gasteiger partial charge in [0.15, 0.2) is 12.6 Å². The van der Waals surface area contributed by atoms with Crippen LogP contribution in [0.4, 0.5) is 0 Å². The van der Waals surface area contributed by atoms with Gasteiger partial charge in [0, 0.05) is 31.1 Å². The molecule has 0 bridgehead atoms. The number of aliphatic imine (C=N–C) groups is 1. The van der Waals surface area contributed by atoms with Gasteiger partial charge >= 0.3 is 0 Å². The third-order valence-electron chi connectivity index (χ3n) is 5.08. The number of halogens is 1. The molecule has 1 saturated heterocycles. The number of hydrogen-bond acceptors (Lipinski definition) is 3. The highest BCUT2D eigenvalue weighted by molar-refractivity contribution is 14.0. The highest BCUT2D eigenvalue weighted by Crippen LogP contribution is 2.46. The molecular weight excluding hydrogens is 431 g/mol. The normalized spacial score (nSPS) is 18.0. The van der Waals surface area contributed by atoms with Crippen molar-refractivity contribution in [3.63, 3.8) is 0 Å². The van der Waals surface area contributed by atoms with Crippen LogP contribution in [0, 0.1) is 5.41 Å². The van der Waals surface area contributed by atoms with E-state index in [2.05, 4.69) is 42.9 Å². The number of hydrogen-bond donors (Lipinski definition) is 2. The van der Waals surface area contributed by atoms with Crippen LogP contribution >= 0.6 is 24.0 Å². The number of rotatable bonds is 5. The highest BCUT2D eigenvalue weighted by atomic mass is 127. The minimum absolute atomic E-state index is 0. The molecule has 1 heterocycles. The Kier molecular flexibility index (Phi) is 7.10. The second-order valence-corrected chi connectivity index (χ2v) is 7.33. The fraction of sp³-hybridized carbons (Fsp3) is 0.556. The Balaban J connectivity index is 0.00000312. The maximum Gasteiger partial charge on any atom is 0.255 e. The first kappa shape index (κ1) is 21.5. The number of guanidine groups is 1. The summed E-state index contributed by atoms with van der Waals surface area (Å²) in [6, 6.07) is 7.60. The number of carbonyl (C=O) groups excluding carboxylic acids is 1. The number of carbonyl (C=O) groups is 1. The van der Waals surface area contributed by atoms with E-state index in [1.54, 1.807) is 7.05 Å². The van der Waals surface area contributed by atoms with E-state index in [9.17, 15) is 4.79 Å². The van der Waals surface area contributed by atoms with Crippen molar-refractivity contribution in [2.24, 2.45) is 16.1 Å². The van der Waals surface area contributed by atoms with E-state index >= 15 is 0 Å². The van der Waals surface area contributed by atoms with Gasteiger partial charge in [-0.25, -0.2) is 0 Å². The van der Waals surface area contributed by atoms with Gasteiger partial charge in [0.05, 0.1) is 0 Å². The van der Waals surface area contributed by atoms with E-state index in [-0.39, 0.29) is 41.5 Å². The molecule has 1 fully saturated rings. The number of nitrogens with zero attached hydrogens (tertiary/aromatic N) is 2. The summed E-state index contributed by atoms with van der Waals surface area (Å²) in [6.07, 6.45) is 0. The van der Waals surface area contributed by atoms with Crippen molar-refractivity contribution in [3.8, 4) is 5.75 Å². The maximum absolute atomic E-state index is 10.8. The lowest BCUT2D eigenvalue weighted by Crippen LogP contribution is -2.72. The predicted molar refractivity (Wildman–Crippen MR) is 111 cm³/mol. The SMILES string of the molecule is CN=C(NCc1cccc(OCC(N)=O)c1)N1CC(C)(C)C1(C)C.I. The molecule has 0 spiro atoms. The number of nitrogens with one attached hydrogen (secondary N) is 1. The van der Waals surface area contributed by atoms with E-state index in [1.807, 2.05) is 24.3 Å². The zero-order chi connectivity index (χ0) is 18.0. The van der Waals surface area contributed by atoms with Crippen molar-refractivity contribution in [3.05, 3.63) is 29.8 Å². The third-order valence-corrected chi connectivity index (χ3v) is 5.08. The number of amides is 1. The standard InChI is InChI=1S/C18H28N4O2.HI/c1-17(2)12-22(18(17,3)4)16(20-5)21-10-13-7-6-8-14(9-13)24-11-15(19)23;/h6-9H,10-12H2,1-5H3,(H2,19,23)(H,20,21);1H. The summed E-state index contributed by atoms with van der Waals surface area (Å²) >= 11 is 0. The van der Waals surface area contributed by atoms with Crippen LogP contribution < -0.4 is 15.8 Å². The molecule has 0 atom stereocenters. The number of benzene rings is 1. The summed E-state index contributed by atoms with van der Waals surface area (Å²) in [6.45, 7) is 10.5. The molecule has 1 aromatic rings. The van der Waals surface area contributed by atoms with Gasteiger partial charge in [-0.2, -0.15) is 0 Å². The Morgan fingerprint density at radius 1 is 1.36 bits per heavy atom. The number of ether oxygens (including phenoxy) is 1. The minimum atomic E-state index is -0.485. The topological polar surface area (TPSA) is 80.0 Å². The fourth-order valence-corrected chi connectivity index (χ4v) is 2.78. The zero-order valence-electron chi connectivity index (χ0n) is 15.6. The van der Waals surface area contributed by atoms with E-state index in [0.717, 1.165) is 18.1 Å². The number of nitrogens with two attached hydrogens (primary N) is 1. The molecule has 0 aliphatic carbocycles. The molecule has 1 aromatic carbocycles. The van der Waals surface area contributed by atoms with E-state index in [1.165, 1.54) is 0 Å². The van der Waals surface area contributed by atoms with Crippen LogP contribution in [0.15, 0.2) is 29.3 Å². The van der Waals surface area contributed by atoms with Gasteiger partial charge in [-0.3, -0.25) is 9.79 Å². The predicted octanol–water partition coefficient (Wildman–Crippen LogP) is 2.36. The second-order valence-electron chi connectivity index (χ2n) is 7.33. The average Bonchev–Trinajstić information content (AvgIpc) is 2.52. The van der Waals surface area contributed by atoms with Crippen LogP contribution in [0.5, 0.6) is 5.75 Å². The molecule has 6 nitrogen and oxygen atoms in total. The summed E-state index contributed by atoms with van der Waals surface area (Å²) in [4.78, 5) is 17.5. The molecule has 1 aliphatic rings. The largest absolute Gasteiger partial charge is 0.484 e. The molecule has 2 rings (SSSR count). The van der Waals surface area contributed by atoms with Gasteiger partial charge in [0.25, 0.3) is 5.91 Å². The van der Waals surface area contributed by atoms with Crippen LogP contribution in [0.3, 0.4) is 0 Å². The highest BCUT2D eigenvalue weighted by Gasteiger charge is 2.53. The molecule has 140 valence electrons. The van der Waals surface area contributed by atoms with Crippen LogP contribution in [-0.4, -0.2) is 42.5 Å². The average molecular weight is 460 g/mol. The summed E-state index contributed by atoms with van der Waals surface area (Å²) in [5.41, 5.74) is 6.47. The molecule has 0 unspecified atom stereocenters. The third kappa shape index (κ3) is 4.77. The quantitative estimate of drug-likeness (QED) is 0.402. The summed E-state index contributed by atoms with van der Waals surface area (Å²) in [5, 5.41) is 3.40. The molecule has 3 N–H and O–H groups in total. The van der Waals surface area contributed by atoms with Gasteiger partial charge in [-0.05, 0) is 31.5 Å². The van der Waals surface area contributed by atoms with E-state index < -0.39 is 5.91 Å². The number of primary amides is 1. The van der Waals surface area contributed by atoms with Gasteiger partial charge in [-0.15, -0.1) is 24.0 Å². The van der Waals surface area contributed by atoms with Crippen LogP contribution in [0.1, 0.15) is 33.3 Å². The van der Waals surface area contributed by atoms with Crippen molar-refractivity contribution in [1.29, 1.82) is 0 Å². The first-order chi connectivity index (χ1) is 11.2. The van der Waals surface area contributed by atoms with Crippen LogP contribution in [-0.2, 0) is 11.3 Å². The van der Waals surface area contributed by atoms with Crippen molar-refractivity contribution < 1.29 is 9.53 Å². The Morgan fingerprint density at radius 2 is 2.04 bits per heavy atom. The lowest BCUT2D eigenvalue weighted by molar-refractivity contribution is -0.119. The lowest BCUT2D eigenvalue weighted by atomic mass is 9.65. The molecule has 1 amide bonds. The summed E-state index contributed by atoms with van der Waals surface area (Å²) in [5.74, 6) is 1.04. The molecule has 0 aromatic heterocycles. The lowest BCUT2D eigenvalue weighted by Gasteiger charge is -2.62. The maximum atomic E-state index is 10.8. The Morgan fingerprint density at radius 3 is 2.56 bits per heavy atom. The first-order valence-corrected chi connectivity index (χ1v) is 8.16. The van der Waals surface area contributed by atoms with Gasteiger partial charge < -0.3 is 20.7 Å². The van der Waals surface area contributed by atoms with Crippen molar-refractivity contribution in [1.82, 2.24) is 10.2 Å². The van der Waals surface area contributed by atoms with Gasteiger partial charge in [0.1, 0.15) is 5.75 Å². The smallest absolute Gasteiger partial charge is 0.255 e. The van der Waals surface area contributed by atoms with E-state index in [0.29, 0.717) is 12.3 Å². The van der Waals surface area contributed by atoms with Crippen LogP contribution in [0.2, 0.25) is 0 Å². The van der Waals surface area contributed by atoms with Crippen LogP contribution in [0.25, 0.3) is 0 Å². The van der Waals surface area contributed by atoms with Crippen molar-refractivity contribution in [2.75, 3.05) is 20.2 Å². The monoisotopic (exact) mass is 460 g/mol. The Labute approximate surface area is 167 Å². The summed E-state index contributed by atoms with van der Waals surface area (Å²) in [7, 11) is 1.80. The van der Waals surface area contributed by atoms with Crippen molar-refractivity contribution >= 4 is 35.8 Å². The molecular formula is C18H29IN4O2. The molecule has 1 aliphatic heterocycles. The number of likely N-dealkylation sites (tertiary alicyclic amines) is 1. The van der Waals surface area contributed by atoms with Gasteiger partial charge in [-0.1, -0.05) is 26.0 Å². The Hall–Kier alpha value is -1.51. The summed E-state index contributed by atoms with van der Waals surface area (Å²) < 4.78 is 5.34. The second kappa shape index (κ2) is 8.25.